The first-order valence-electron chi connectivity index (χ1n) is 9.97. The molecule has 10 heteroatoms. The number of piperidine rings is 1. The summed E-state index contributed by atoms with van der Waals surface area (Å²) in [5.74, 6) is 0.368. The molecule has 3 N–H and O–H groups in total. The maximum Gasteiger partial charge on any atom is 0.274 e. The van der Waals surface area contributed by atoms with E-state index in [-0.39, 0.29) is 33.3 Å². The molecule has 0 radical (unpaired) electrons. The van der Waals surface area contributed by atoms with Gasteiger partial charge in [0.1, 0.15) is 12.4 Å². The smallest absolute Gasteiger partial charge is 0.274 e. The molecule has 0 spiro atoms. The maximum atomic E-state index is 12.9. The average molecular weight is 465 g/mol. The highest BCUT2D eigenvalue weighted by molar-refractivity contribution is 8.02. The molecule has 0 saturated carbocycles. The number of carbonyl (C=O) groups excluding carboxylic acids is 1. The van der Waals surface area contributed by atoms with E-state index in [9.17, 15) is 14.0 Å². The van der Waals surface area contributed by atoms with Crippen LogP contribution in [0.4, 0.5) is 15.8 Å². The third kappa shape index (κ3) is 6.26. The number of rotatable bonds is 8. The van der Waals surface area contributed by atoms with E-state index in [2.05, 4.69) is 16.0 Å². The molecule has 0 aliphatic carbocycles. The van der Waals surface area contributed by atoms with Gasteiger partial charge in [0.25, 0.3) is 5.56 Å². The van der Waals surface area contributed by atoms with Crippen molar-refractivity contribution in [3.05, 3.63) is 22.6 Å². The minimum atomic E-state index is -0.662. The predicted molar refractivity (Wildman–Crippen MR) is 119 cm³/mol. The number of nitrogens with zero attached hydrogens (tertiary/aromatic N) is 1. The molecule has 162 valence electrons. The predicted octanol–water partition coefficient (Wildman–Crippen LogP) is 3.24. The second-order valence-electron chi connectivity index (χ2n) is 7.47. The molecule has 4 unspecified atom stereocenters. The summed E-state index contributed by atoms with van der Waals surface area (Å²) < 4.78 is 13.9. The van der Waals surface area contributed by atoms with Gasteiger partial charge < -0.3 is 20.5 Å². The third-order valence-corrected chi connectivity index (χ3v) is 7.90. The van der Waals surface area contributed by atoms with Gasteiger partial charge >= 0.3 is 0 Å². The fourth-order valence-corrected chi connectivity index (χ4v) is 5.70. The zero-order chi connectivity index (χ0) is 20.8. The first-order chi connectivity index (χ1) is 14.0. The van der Waals surface area contributed by atoms with Gasteiger partial charge in [0.15, 0.2) is 0 Å². The number of carbonyl (C=O) groups is 1. The van der Waals surface area contributed by atoms with Crippen LogP contribution in [0, 0.1) is 5.92 Å². The molecule has 0 aromatic carbocycles. The normalized spacial score (nSPS) is 27.0. The van der Waals surface area contributed by atoms with Crippen LogP contribution >= 0.6 is 35.0 Å². The van der Waals surface area contributed by atoms with Crippen LogP contribution in [0.15, 0.2) is 17.1 Å². The summed E-state index contributed by atoms with van der Waals surface area (Å²) in [7, 11) is 0. The Labute approximate surface area is 184 Å². The van der Waals surface area contributed by atoms with E-state index in [0.29, 0.717) is 30.3 Å². The lowest BCUT2D eigenvalue weighted by Gasteiger charge is -2.23. The van der Waals surface area contributed by atoms with Crippen molar-refractivity contribution in [1.29, 1.82) is 0 Å². The first-order valence-corrected chi connectivity index (χ1v) is 11.8. The van der Waals surface area contributed by atoms with Crippen molar-refractivity contribution in [2.45, 2.75) is 47.6 Å². The molecule has 0 bridgehead atoms. The van der Waals surface area contributed by atoms with Gasteiger partial charge in [0.2, 0.25) is 5.91 Å². The summed E-state index contributed by atoms with van der Waals surface area (Å²) in [6, 6.07) is 1.62. The number of hydrogen-bond acceptors (Lipinski definition) is 5. The lowest BCUT2D eigenvalue weighted by molar-refractivity contribution is -0.115. The van der Waals surface area contributed by atoms with E-state index in [0.717, 1.165) is 19.5 Å². The van der Waals surface area contributed by atoms with Crippen LogP contribution in [0.3, 0.4) is 0 Å². The summed E-state index contributed by atoms with van der Waals surface area (Å²) in [5, 5.41) is 8.77. The van der Waals surface area contributed by atoms with Gasteiger partial charge in [-0.1, -0.05) is 0 Å². The molecular weight excluding hydrogens is 438 g/mol. The summed E-state index contributed by atoms with van der Waals surface area (Å²) in [4.78, 5) is 25.1. The van der Waals surface area contributed by atoms with Gasteiger partial charge in [-0.25, -0.2) is 4.39 Å². The van der Waals surface area contributed by atoms with Crippen molar-refractivity contribution < 1.29 is 9.18 Å². The van der Waals surface area contributed by atoms with Gasteiger partial charge in [-0.2, -0.15) is 0 Å². The van der Waals surface area contributed by atoms with E-state index in [1.807, 2.05) is 0 Å². The number of aryl methyl sites for hydroxylation is 1. The Hall–Kier alpha value is -0.960. The van der Waals surface area contributed by atoms with E-state index in [1.165, 1.54) is 35.4 Å². The minimum Gasteiger partial charge on any atom is -0.381 e. The number of anilines is 2. The molecular formula is C19H27Cl2FN4O2S. The van der Waals surface area contributed by atoms with Crippen LogP contribution < -0.4 is 21.5 Å². The molecule has 1 aromatic rings. The van der Waals surface area contributed by atoms with E-state index >= 15 is 0 Å². The molecule has 1 amide bonds. The SMILES string of the molecule is O=C(Nc1cc(NCCC2CCCNC2)c(=O)n(CCF)c1)C1CC(Cl)C(Cl)S1. The Kier molecular flexibility index (Phi) is 8.53. The topological polar surface area (TPSA) is 75.2 Å². The molecule has 4 atom stereocenters. The van der Waals surface area contributed by atoms with Crippen molar-refractivity contribution in [3.8, 4) is 0 Å². The van der Waals surface area contributed by atoms with Crippen LogP contribution in [-0.2, 0) is 11.3 Å². The van der Waals surface area contributed by atoms with Crippen molar-refractivity contribution in [2.24, 2.45) is 5.92 Å². The Morgan fingerprint density at radius 1 is 1.41 bits per heavy atom. The summed E-state index contributed by atoms with van der Waals surface area (Å²) >= 11 is 13.5. The van der Waals surface area contributed by atoms with Crippen molar-refractivity contribution in [3.63, 3.8) is 0 Å². The van der Waals surface area contributed by atoms with Crippen LogP contribution in [-0.4, -0.2) is 52.1 Å². The first kappa shape index (κ1) is 22.7. The Balaban J connectivity index is 1.66. The molecule has 3 heterocycles. The molecule has 2 aliphatic rings. The largest absolute Gasteiger partial charge is 0.381 e. The van der Waals surface area contributed by atoms with E-state index < -0.39 is 6.67 Å². The Morgan fingerprint density at radius 3 is 2.90 bits per heavy atom. The highest BCUT2D eigenvalue weighted by atomic mass is 35.5. The fraction of sp³-hybridized carbons (Fsp3) is 0.684. The molecule has 3 rings (SSSR count). The van der Waals surface area contributed by atoms with Gasteiger partial charge in [-0.05, 0) is 50.8 Å². The highest BCUT2D eigenvalue weighted by Crippen LogP contribution is 2.40. The van der Waals surface area contributed by atoms with E-state index in [1.54, 1.807) is 6.07 Å². The number of thioether (sulfide) groups is 1. The van der Waals surface area contributed by atoms with Crippen molar-refractivity contribution in [2.75, 3.05) is 36.9 Å². The zero-order valence-corrected chi connectivity index (χ0v) is 18.5. The second-order valence-corrected chi connectivity index (χ2v) is 10.1. The monoisotopic (exact) mass is 464 g/mol. The molecule has 29 heavy (non-hydrogen) atoms. The number of hydrogen-bond donors (Lipinski definition) is 3. The van der Waals surface area contributed by atoms with Crippen LogP contribution in [0.1, 0.15) is 25.7 Å². The molecule has 2 fully saturated rings. The highest BCUT2D eigenvalue weighted by Gasteiger charge is 2.36. The standard InChI is InChI=1S/C19H27Cl2FN4O2S/c20-14-9-16(29-17(14)21)18(27)25-13-8-15(19(28)26(11-13)7-4-22)24-6-3-12-2-1-5-23-10-12/h8,11-12,14,16-17,23-24H,1-7,9-10H2,(H,25,27). The minimum absolute atomic E-state index is 0.0601. The number of alkyl halides is 3. The van der Waals surface area contributed by atoms with Gasteiger partial charge in [-0.3, -0.25) is 9.59 Å². The Morgan fingerprint density at radius 2 is 2.24 bits per heavy atom. The third-order valence-electron chi connectivity index (χ3n) is 5.26. The lowest BCUT2D eigenvalue weighted by atomic mass is 9.96. The molecule has 2 saturated heterocycles. The quantitative estimate of drug-likeness (QED) is 0.514. The second kappa shape index (κ2) is 10.9. The molecule has 6 nitrogen and oxygen atoms in total. The van der Waals surface area contributed by atoms with Crippen LogP contribution in [0.2, 0.25) is 0 Å². The number of pyridine rings is 1. The molecule has 1 aromatic heterocycles. The summed E-state index contributed by atoms with van der Waals surface area (Å²) in [5.41, 5.74) is 0.526. The van der Waals surface area contributed by atoms with Crippen molar-refractivity contribution in [1.82, 2.24) is 9.88 Å². The average Bonchev–Trinajstić information content (AvgIpc) is 3.05. The number of nitrogens with one attached hydrogen (secondary N) is 3. The van der Waals surface area contributed by atoms with Gasteiger partial charge in [0.05, 0.1) is 27.6 Å². The zero-order valence-electron chi connectivity index (χ0n) is 16.1. The van der Waals surface area contributed by atoms with Crippen LogP contribution in [0.25, 0.3) is 0 Å². The van der Waals surface area contributed by atoms with Gasteiger partial charge in [0, 0.05) is 12.7 Å². The summed E-state index contributed by atoms with van der Waals surface area (Å²) in [6.45, 7) is 1.98. The number of amides is 1. The summed E-state index contributed by atoms with van der Waals surface area (Å²) in [6.07, 6.45) is 5.25. The number of halogens is 3. The molecule has 2 aliphatic heterocycles. The lowest BCUT2D eigenvalue weighted by Crippen LogP contribution is -2.31. The van der Waals surface area contributed by atoms with E-state index in [4.69, 9.17) is 23.2 Å². The van der Waals surface area contributed by atoms with Crippen molar-refractivity contribution >= 4 is 52.2 Å². The Bertz CT molecular complexity index is 750. The fourth-order valence-electron chi connectivity index (χ4n) is 3.67. The maximum absolute atomic E-state index is 12.9. The van der Waals surface area contributed by atoms with Gasteiger partial charge in [-0.15, -0.1) is 35.0 Å². The number of aromatic nitrogens is 1. The van der Waals surface area contributed by atoms with Crippen LogP contribution in [0.5, 0.6) is 0 Å².